The Bertz CT molecular complexity index is 161. The van der Waals surface area contributed by atoms with Crippen LogP contribution >= 0.6 is 11.8 Å². The standard InChI is InChI=1S/C13H27NS/c1-4-14-13(10-15-5-2)12-8-6-7-11(3)9-12/h11-14H,4-10H2,1-3H3. The molecular formula is C13H27NS. The van der Waals surface area contributed by atoms with E-state index in [9.17, 15) is 0 Å². The fourth-order valence-corrected chi connectivity index (χ4v) is 3.59. The monoisotopic (exact) mass is 229 g/mol. The highest BCUT2D eigenvalue weighted by molar-refractivity contribution is 7.99. The fourth-order valence-electron chi connectivity index (χ4n) is 2.72. The van der Waals surface area contributed by atoms with E-state index in [2.05, 4.69) is 37.8 Å². The Morgan fingerprint density at radius 1 is 1.33 bits per heavy atom. The zero-order valence-electron chi connectivity index (χ0n) is 10.6. The van der Waals surface area contributed by atoms with Gasteiger partial charge in [0.1, 0.15) is 0 Å². The van der Waals surface area contributed by atoms with Gasteiger partial charge >= 0.3 is 0 Å². The minimum atomic E-state index is 0.766. The molecule has 0 bridgehead atoms. The van der Waals surface area contributed by atoms with Gasteiger partial charge in [-0.1, -0.05) is 33.6 Å². The lowest BCUT2D eigenvalue weighted by atomic mass is 9.79. The van der Waals surface area contributed by atoms with Crippen molar-refractivity contribution in [1.82, 2.24) is 5.32 Å². The van der Waals surface area contributed by atoms with Gasteiger partial charge in [0.05, 0.1) is 0 Å². The second kappa shape index (κ2) is 7.56. The Hall–Kier alpha value is 0.310. The predicted octanol–water partition coefficient (Wildman–Crippen LogP) is 3.54. The first-order chi connectivity index (χ1) is 7.27. The molecule has 1 fully saturated rings. The van der Waals surface area contributed by atoms with Crippen molar-refractivity contribution in [2.24, 2.45) is 11.8 Å². The molecule has 0 aliphatic heterocycles. The molecule has 2 heteroatoms. The third kappa shape index (κ3) is 4.78. The highest BCUT2D eigenvalue weighted by Crippen LogP contribution is 2.31. The molecule has 0 amide bonds. The van der Waals surface area contributed by atoms with E-state index in [4.69, 9.17) is 0 Å². The summed E-state index contributed by atoms with van der Waals surface area (Å²) in [6.07, 6.45) is 5.80. The molecule has 0 radical (unpaired) electrons. The molecule has 0 spiro atoms. The number of rotatable bonds is 6. The van der Waals surface area contributed by atoms with E-state index in [1.54, 1.807) is 0 Å². The van der Waals surface area contributed by atoms with Crippen molar-refractivity contribution in [1.29, 1.82) is 0 Å². The van der Waals surface area contributed by atoms with Crippen LogP contribution < -0.4 is 5.32 Å². The molecule has 1 aliphatic rings. The van der Waals surface area contributed by atoms with Gasteiger partial charge in [0.15, 0.2) is 0 Å². The van der Waals surface area contributed by atoms with Crippen molar-refractivity contribution in [2.75, 3.05) is 18.1 Å². The maximum absolute atomic E-state index is 3.69. The molecule has 1 saturated carbocycles. The van der Waals surface area contributed by atoms with Crippen LogP contribution in [0, 0.1) is 11.8 Å². The summed E-state index contributed by atoms with van der Waals surface area (Å²) in [5.74, 6) is 4.45. The lowest BCUT2D eigenvalue weighted by molar-refractivity contribution is 0.235. The molecule has 3 atom stereocenters. The minimum absolute atomic E-state index is 0.766. The summed E-state index contributed by atoms with van der Waals surface area (Å²) in [4.78, 5) is 0. The van der Waals surface area contributed by atoms with Gasteiger partial charge in [-0.2, -0.15) is 11.8 Å². The molecule has 0 heterocycles. The summed E-state index contributed by atoms with van der Waals surface area (Å²) < 4.78 is 0. The van der Waals surface area contributed by atoms with Gasteiger partial charge in [-0.3, -0.25) is 0 Å². The van der Waals surface area contributed by atoms with Crippen molar-refractivity contribution < 1.29 is 0 Å². The van der Waals surface area contributed by atoms with Crippen LogP contribution in [0.3, 0.4) is 0 Å². The molecule has 1 aliphatic carbocycles. The summed E-state index contributed by atoms with van der Waals surface area (Å²) in [7, 11) is 0. The largest absolute Gasteiger partial charge is 0.313 e. The molecule has 0 aromatic carbocycles. The Morgan fingerprint density at radius 3 is 2.73 bits per heavy atom. The molecule has 0 saturated heterocycles. The van der Waals surface area contributed by atoms with Crippen LogP contribution in [0.15, 0.2) is 0 Å². The van der Waals surface area contributed by atoms with Crippen molar-refractivity contribution in [3.8, 4) is 0 Å². The van der Waals surface area contributed by atoms with E-state index in [1.807, 2.05) is 0 Å². The van der Waals surface area contributed by atoms with Crippen molar-refractivity contribution in [3.63, 3.8) is 0 Å². The summed E-state index contributed by atoms with van der Waals surface area (Å²) >= 11 is 2.09. The maximum Gasteiger partial charge on any atom is 0.0186 e. The second-order valence-corrected chi connectivity index (χ2v) is 6.17. The Kier molecular flexibility index (Phi) is 6.74. The van der Waals surface area contributed by atoms with Gasteiger partial charge in [-0.05, 0) is 37.0 Å². The number of hydrogen-bond acceptors (Lipinski definition) is 2. The number of hydrogen-bond donors (Lipinski definition) is 1. The molecule has 15 heavy (non-hydrogen) atoms. The lowest BCUT2D eigenvalue weighted by Crippen LogP contribution is -2.40. The summed E-state index contributed by atoms with van der Waals surface area (Å²) in [6, 6.07) is 0.766. The normalized spacial score (nSPS) is 29.0. The molecule has 1 nitrogen and oxygen atoms in total. The van der Waals surface area contributed by atoms with Gasteiger partial charge in [-0.15, -0.1) is 0 Å². The highest BCUT2D eigenvalue weighted by Gasteiger charge is 2.25. The van der Waals surface area contributed by atoms with Crippen molar-refractivity contribution in [3.05, 3.63) is 0 Å². The average Bonchev–Trinajstić information content (AvgIpc) is 2.24. The quantitative estimate of drug-likeness (QED) is 0.747. The maximum atomic E-state index is 3.69. The first-order valence-corrected chi connectivity index (χ1v) is 7.74. The van der Waals surface area contributed by atoms with Crippen LogP contribution in [-0.4, -0.2) is 24.1 Å². The lowest BCUT2D eigenvalue weighted by Gasteiger charge is -2.33. The molecule has 0 aromatic rings. The summed E-state index contributed by atoms with van der Waals surface area (Å²) in [5, 5.41) is 3.69. The Morgan fingerprint density at radius 2 is 2.13 bits per heavy atom. The predicted molar refractivity (Wildman–Crippen MR) is 71.6 cm³/mol. The van der Waals surface area contributed by atoms with Gasteiger partial charge < -0.3 is 5.32 Å². The SMILES string of the molecule is CCNC(CSCC)C1CCCC(C)C1. The average molecular weight is 229 g/mol. The zero-order chi connectivity index (χ0) is 11.1. The van der Waals surface area contributed by atoms with Gasteiger partial charge in [-0.25, -0.2) is 0 Å². The van der Waals surface area contributed by atoms with Crippen molar-refractivity contribution in [2.45, 2.75) is 52.5 Å². The highest BCUT2D eigenvalue weighted by atomic mass is 32.2. The van der Waals surface area contributed by atoms with Crippen LogP contribution in [-0.2, 0) is 0 Å². The molecular weight excluding hydrogens is 202 g/mol. The molecule has 1 N–H and O–H groups in total. The van der Waals surface area contributed by atoms with Crippen molar-refractivity contribution >= 4 is 11.8 Å². The summed E-state index contributed by atoms with van der Waals surface area (Å²) in [5.41, 5.74) is 0. The van der Waals surface area contributed by atoms with E-state index in [-0.39, 0.29) is 0 Å². The van der Waals surface area contributed by atoms with Gasteiger partial charge in [0, 0.05) is 11.8 Å². The van der Waals surface area contributed by atoms with Crippen LogP contribution in [0.4, 0.5) is 0 Å². The molecule has 1 rings (SSSR count). The van der Waals surface area contributed by atoms with Crippen LogP contribution in [0.25, 0.3) is 0 Å². The topological polar surface area (TPSA) is 12.0 Å². The van der Waals surface area contributed by atoms with Crippen LogP contribution in [0.5, 0.6) is 0 Å². The van der Waals surface area contributed by atoms with E-state index >= 15 is 0 Å². The van der Waals surface area contributed by atoms with Gasteiger partial charge in [0.25, 0.3) is 0 Å². The first kappa shape index (κ1) is 13.4. The second-order valence-electron chi connectivity index (χ2n) is 4.86. The smallest absolute Gasteiger partial charge is 0.0186 e. The molecule has 3 unspecified atom stereocenters. The van der Waals surface area contributed by atoms with E-state index in [0.717, 1.165) is 24.4 Å². The van der Waals surface area contributed by atoms with Crippen LogP contribution in [0.2, 0.25) is 0 Å². The fraction of sp³-hybridized carbons (Fsp3) is 1.00. The van der Waals surface area contributed by atoms with E-state index < -0.39 is 0 Å². The molecule has 0 aromatic heterocycles. The minimum Gasteiger partial charge on any atom is -0.313 e. The van der Waals surface area contributed by atoms with E-state index in [0.29, 0.717) is 0 Å². The number of nitrogens with one attached hydrogen (secondary N) is 1. The Balaban J connectivity index is 2.38. The third-order valence-corrected chi connectivity index (χ3v) is 4.52. The number of thioether (sulfide) groups is 1. The summed E-state index contributed by atoms with van der Waals surface area (Å²) in [6.45, 7) is 8.04. The van der Waals surface area contributed by atoms with Gasteiger partial charge in [0.2, 0.25) is 0 Å². The van der Waals surface area contributed by atoms with Crippen LogP contribution in [0.1, 0.15) is 46.5 Å². The van der Waals surface area contributed by atoms with E-state index in [1.165, 1.54) is 37.2 Å². The first-order valence-electron chi connectivity index (χ1n) is 6.59. The zero-order valence-corrected chi connectivity index (χ0v) is 11.4. The Labute approximate surface area is 99.8 Å². The third-order valence-electron chi connectivity index (χ3n) is 3.51. The molecule has 90 valence electrons.